The number of pyridine rings is 2. The second kappa shape index (κ2) is 22.7. The van der Waals surface area contributed by atoms with Crippen LogP contribution >= 0.6 is 0 Å². The molecule has 0 radical (unpaired) electrons. The number of aromatic nitrogens is 8. The lowest BCUT2D eigenvalue weighted by molar-refractivity contribution is -0.141. The average Bonchev–Trinajstić information content (AvgIpc) is 4.05. The Hall–Kier alpha value is -8.18. The Bertz CT molecular complexity index is 3250. The third kappa shape index (κ3) is 11.1. The molecule has 3 N–H and O–H groups in total. The van der Waals surface area contributed by atoms with Gasteiger partial charge in [0.05, 0.1) is 42.1 Å². The van der Waals surface area contributed by atoms with Crippen LogP contribution in [0.3, 0.4) is 0 Å². The van der Waals surface area contributed by atoms with Crippen LogP contribution in [0.1, 0.15) is 115 Å². The van der Waals surface area contributed by atoms with E-state index in [2.05, 4.69) is 92.2 Å². The van der Waals surface area contributed by atoms with Gasteiger partial charge in [-0.25, -0.2) is 14.2 Å². The molecule has 17 heteroatoms. The van der Waals surface area contributed by atoms with Gasteiger partial charge in [0.1, 0.15) is 11.0 Å². The predicted octanol–water partition coefficient (Wildman–Crippen LogP) is 7.84. The molecule has 72 heavy (non-hydrogen) atoms. The second-order valence-electron chi connectivity index (χ2n) is 17.8. The Kier molecular flexibility index (Phi) is 15.8. The maximum Gasteiger partial charge on any atom is 0.337 e. The van der Waals surface area contributed by atoms with Crippen molar-refractivity contribution in [2.75, 3.05) is 20.2 Å². The Labute approximate surface area is 416 Å². The van der Waals surface area contributed by atoms with Gasteiger partial charge in [-0.2, -0.15) is 0 Å². The number of nitrogens with zero attached hydrogens (tertiary/aromatic N) is 9. The van der Waals surface area contributed by atoms with E-state index in [4.69, 9.17) is 9.84 Å². The van der Waals surface area contributed by atoms with Crippen LogP contribution < -0.4 is 5.32 Å². The SMILES string of the molecule is CCn1nnc2c(C)c(C(CC(=O)O)c3ccc4c(c3)CN(C(=O)c3cccnc3)CC4)ccc21.CCn1nnc2c(C)c(C(CC(=O)OC)c3ccc4c(c3)CNCC4)ccc21.O=C(O)c1cccnc1. The summed E-state index contributed by atoms with van der Waals surface area (Å²) in [4.78, 5) is 56.8. The Morgan fingerprint density at radius 1 is 0.681 bits per heavy atom. The Morgan fingerprint density at radius 3 is 1.75 bits per heavy atom. The van der Waals surface area contributed by atoms with Gasteiger partial charge < -0.3 is 25.2 Å². The molecule has 8 aromatic rings. The molecule has 0 saturated carbocycles. The summed E-state index contributed by atoms with van der Waals surface area (Å²) in [5.41, 5.74) is 15.5. The van der Waals surface area contributed by atoms with E-state index in [-0.39, 0.29) is 35.7 Å². The third-order valence-corrected chi connectivity index (χ3v) is 13.6. The van der Waals surface area contributed by atoms with Gasteiger partial charge in [0.15, 0.2) is 0 Å². The molecular weight excluding hydrogens is 913 g/mol. The molecule has 2 aliphatic heterocycles. The average molecular weight is 971 g/mol. The molecule has 2 aliphatic rings. The third-order valence-electron chi connectivity index (χ3n) is 13.6. The normalized spacial score (nSPS) is 13.7. The van der Waals surface area contributed by atoms with Crippen molar-refractivity contribution in [1.82, 2.24) is 50.2 Å². The number of carbonyl (C=O) groups is 4. The summed E-state index contributed by atoms with van der Waals surface area (Å²) in [6.07, 6.45) is 8.15. The fraction of sp³-hybridized carbons (Fsp3) is 0.309. The first kappa shape index (κ1) is 50.2. The molecule has 17 nitrogen and oxygen atoms in total. The van der Waals surface area contributed by atoms with Crippen LogP contribution in [0.5, 0.6) is 0 Å². The minimum absolute atomic E-state index is 0.0363. The predicted molar refractivity (Wildman–Crippen MR) is 271 cm³/mol. The number of carboxylic acid groups (broad SMARTS) is 2. The van der Waals surface area contributed by atoms with Crippen molar-refractivity contribution in [2.45, 2.75) is 91.4 Å². The summed E-state index contributed by atoms with van der Waals surface area (Å²) in [6, 6.07) is 27.5. The summed E-state index contributed by atoms with van der Waals surface area (Å²) in [5.74, 6) is -2.47. The molecule has 0 spiro atoms. The van der Waals surface area contributed by atoms with Crippen molar-refractivity contribution < 1.29 is 34.1 Å². The van der Waals surface area contributed by atoms with Crippen LogP contribution in [0.25, 0.3) is 22.1 Å². The zero-order valence-corrected chi connectivity index (χ0v) is 41.1. The highest BCUT2D eigenvalue weighted by atomic mass is 16.5. The summed E-state index contributed by atoms with van der Waals surface area (Å²) in [5, 5.41) is 38.7. The summed E-state index contributed by atoms with van der Waals surface area (Å²) >= 11 is 0. The summed E-state index contributed by atoms with van der Waals surface area (Å²) in [6.45, 7) is 12.6. The topological polar surface area (TPSA) is 220 Å². The number of fused-ring (bicyclic) bond motifs is 4. The maximum absolute atomic E-state index is 13.0. The number of ether oxygens (including phenoxy) is 1. The van der Waals surface area contributed by atoms with Crippen molar-refractivity contribution in [3.05, 3.63) is 176 Å². The number of rotatable bonds is 12. The lowest BCUT2D eigenvalue weighted by Crippen LogP contribution is -2.36. The number of carboxylic acids is 2. The van der Waals surface area contributed by atoms with E-state index in [1.807, 2.05) is 46.3 Å². The zero-order valence-electron chi connectivity index (χ0n) is 41.1. The first-order valence-electron chi connectivity index (χ1n) is 24.1. The number of aromatic carboxylic acids is 1. The van der Waals surface area contributed by atoms with Gasteiger partial charge in [-0.05, 0) is 139 Å². The standard InChI is InChI=1S/C27H27N5O3.C22H26N4O2.C6H5NO2/c1-3-32-24-9-8-22(17(2)26(24)29-30-32)23(14-25(33)34)19-7-6-18-10-12-31(16-21(18)13-19)27(35)20-5-4-11-28-15-20;1-4-26-20-8-7-18(14(2)22(20)24-25-26)19(12-21(27)28-3)16-6-5-15-9-10-23-13-17(15)11-16;8-6(9)5-2-1-3-7-4-5/h4-9,11,13,15,23H,3,10,12,14,16H2,1-2H3,(H,33,34);5-8,11,19,23H,4,9-10,12-13H2,1-3H3;1-4H,(H,8,9). The number of esters is 1. The van der Waals surface area contributed by atoms with E-state index < -0.39 is 11.9 Å². The molecule has 2 unspecified atom stereocenters. The summed E-state index contributed by atoms with van der Waals surface area (Å²) < 4.78 is 8.74. The minimum atomic E-state index is -0.942. The van der Waals surface area contributed by atoms with Gasteiger partial charge in [-0.1, -0.05) is 59.0 Å². The summed E-state index contributed by atoms with van der Waals surface area (Å²) in [7, 11) is 1.44. The zero-order chi connectivity index (χ0) is 50.9. The monoisotopic (exact) mass is 970 g/mol. The highest BCUT2D eigenvalue weighted by Gasteiger charge is 2.27. The molecule has 0 bridgehead atoms. The molecule has 1 amide bonds. The van der Waals surface area contributed by atoms with Gasteiger partial charge in [0, 0.05) is 69.3 Å². The Morgan fingerprint density at radius 2 is 1.24 bits per heavy atom. The molecule has 2 atom stereocenters. The number of aryl methyl sites for hydroxylation is 4. The van der Waals surface area contributed by atoms with E-state index in [0.717, 1.165) is 93.5 Å². The smallest absolute Gasteiger partial charge is 0.337 e. The molecule has 0 aliphatic carbocycles. The number of methoxy groups -OCH3 is 1. The lowest BCUT2D eigenvalue weighted by Gasteiger charge is -2.30. The van der Waals surface area contributed by atoms with Gasteiger partial charge >= 0.3 is 17.9 Å². The fourth-order valence-corrected chi connectivity index (χ4v) is 9.67. The van der Waals surface area contributed by atoms with Crippen molar-refractivity contribution in [3.63, 3.8) is 0 Å². The number of aliphatic carboxylic acids is 1. The molecule has 4 aromatic carbocycles. The Balaban J connectivity index is 0.000000167. The molecule has 10 rings (SSSR count). The quantitative estimate of drug-likeness (QED) is 0.0994. The van der Waals surface area contributed by atoms with Crippen LogP contribution in [0.2, 0.25) is 0 Å². The number of benzene rings is 4. The molecule has 4 aromatic heterocycles. The van der Waals surface area contributed by atoms with Crippen molar-refractivity contribution in [3.8, 4) is 0 Å². The number of amides is 1. The van der Waals surface area contributed by atoms with E-state index in [1.165, 1.54) is 42.3 Å². The van der Waals surface area contributed by atoms with Crippen molar-refractivity contribution >= 4 is 45.9 Å². The molecule has 0 saturated heterocycles. The van der Waals surface area contributed by atoms with Gasteiger partial charge in [0.2, 0.25) is 0 Å². The molecular formula is C55H58N10O7. The largest absolute Gasteiger partial charge is 0.481 e. The number of carbonyl (C=O) groups excluding carboxylic acids is 2. The molecule has 0 fully saturated rings. The van der Waals surface area contributed by atoms with E-state index >= 15 is 0 Å². The number of hydrogen-bond donors (Lipinski definition) is 3. The second-order valence-corrected chi connectivity index (χ2v) is 17.8. The number of nitrogens with one attached hydrogen (secondary N) is 1. The van der Waals surface area contributed by atoms with Gasteiger partial charge in [0.25, 0.3) is 5.91 Å². The van der Waals surface area contributed by atoms with Crippen LogP contribution in [-0.4, -0.2) is 99.1 Å². The molecule has 370 valence electrons. The first-order valence-corrected chi connectivity index (χ1v) is 24.1. The lowest BCUT2D eigenvalue weighted by atomic mass is 9.83. The highest BCUT2D eigenvalue weighted by molar-refractivity contribution is 5.94. The fourth-order valence-electron chi connectivity index (χ4n) is 9.67. The van der Waals surface area contributed by atoms with Crippen LogP contribution in [0.4, 0.5) is 0 Å². The van der Waals surface area contributed by atoms with Gasteiger partial charge in [-0.3, -0.25) is 24.4 Å². The van der Waals surface area contributed by atoms with Crippen molar-refractivity contribution in [1.29, 1.82) is 0 Å². The van der Waals surface area contributed by atoms with Crippen LogP contribution in [-0.2, 0) is 53.3 Å². The number of hydrogen-bond acceptors (Lipinski definition) is 12. The minimum Gasteiger partial charge on any atom is -0.481 e. The van der Waals surface area contributed by atoms with E-state index in [1.54, 1.807) is 30.6 Å². The van der Waals surface area contributed by atoms with E-state index in [0.29, 0.717) is 31.6 Å². The van der Waals surface area contributed by atoms with Crippen LogP contribution in [0.15, 0.2) is 110 Å². The van der Waals surface area contributed by atoms with Crippen LogP contribution in [0, 0.1) is 13.8 Å². The van der Waals surface area contributed by atoms with E-state index in [9.17, 15) is 24.3 Å². The van der Waals surface area contributed by atoms with Gasteiger partial charge in [-0.15, -0.1) is 10.2 Å². The molecule has 6 heterocycles. The first-order chi connectivity index (χ1) is 34.9. The van der Waals surface area contributed by atoms with Crippen molar-refractivity contribution in [2.24, 2.45) is 0 Å². The maximum atomic E-state index is 13.0. The highest BCUT2D eigenvalue weighted by Crippen LogP contribution is 2.37.